The van der Waals surface area contributed by atoms with Gasteiger partial charge in [-0.3, -0.25) is 0 Å². The van der Waals surface area contributed by atoms with Crippen LogP contribution in [0.3, 0.4) is 0 Å². The Kier molecular flexibility index (Phi) is 3.34. The minimum atomic E-state index is 0.522. The van der Waals surface area contributed by atoms with Gasteiger partial charge in [-0.25, -0.2) is 9.97 Å². The van der Waals surface area contributed by atoms with E-state index < -0.39 is 0 Å². The summed E-state index contributed by atoms with van der Waals surface area (Å²) in [5.41, 5.74) is 4.83. The van der Waals surface area contributed by atoms with Crippen molar-refractivity contribution in [3.8, 4) is 11.4 Å². The zero-order valence-corrected chi connectivity index (χ0v) is 14.1. The van der Waals surface area contributed by atoms with Gasteiger partial charge in [0.25, 0.3) is 0 Å². The third kappa shape index (κ3) is 2.42. The molecule has 21 heavy (non-hydrogen) atoms. The standard InChI is InChI=1S/C17H12ClIN2/c18-16-14-9-13(19)6-7-15(14)20-17(21-16)12-5-4-10-2-1-3-11(10)8-12/h4-9H,1-3H2. The highest BCUT2D eigenvalue weighted by Crippen LogP contribution is 2.29. The first kappa shape index (κ1) is 13.5. The van der Waals surface area contributed by atoms with Gasteiger partial charge in [0, 0.05) is 14.5 Å². The Hall–Kier alpha value is -1.20. The van der Waals surface area contributed by atoms with Crippen LogP contribution in [0, 0.1) is 3.57 Å². The molecule has 1 aromatic heterocycles. The molecule has 3 aromatic rings. The molecule has 0 aliphatic heterocycles. The van der Waals surface area contributed by atoms with E-state index in [0.717, 1.165) is 26.5 Å². The van der Waals surface area contributed by atoms with Crippen LogP contribution >= 0.6 is 34.2 Å². The summed E-state index contributed by atoms with van der Waals surface area (Å²) >= 11 is 8.62. The van der Waals surface area contributed by atoms with Gasteiger partial charge in [0.2, 0.25) is 0 Å². The Morgan fingerprint density at radius 3 is 2.71 bits per heavy atom. The number of aromatic nitrogens is 2. The average molecular weight is 407 g/mol. The van der Waals surface area contributed by atoms with E-state index in [4.69, 9.17) is 11.6 Å². The van der Waals surface area contributed by atoms with Crippen molar-refractivity contribution in [2.75, 3.05) is 0 Å². The van der Waals surface area contributed by atoms with Crippen LogP contribution in [-0.2, 0) is 12.8 Å². The summed E-state index contributed by atoms with van der Waals surface area (Å²) in [6.45, 7) is 0. The van der Waals surface area contributed by atoms with Crippen molar-refractivity contribution in [1.29, 1.82) is 0 Å². The van der Waals surface area contributed by atoms with Gasteiger partial charge in [0.05, 0.1) is 5.52 Å². The van der Waals surface area contributed by atoms with E-state index in [1.54, 1.807) is 0 Å². The van der Waals surface area contributed by atoms with Gasteiger partial charge in [-0.15, -0.1) is 0 Å². The minimum Gasteiger partial charge on any atom is -0.228 e. The monoisotopic (exact) mass is 406 g/mol. The molecule has 0 spiro atoms. The van der Waals surface area contributed by atoms with Crippen LogP contribution in [0.1, 0.15) is 17.5 Å². The fraction of sp³-hybridized carbons (Fsp3) is 0.176. The minimum absolute atomic E-state index is 0.522. The topological polar surface area (TPSA) is 25.8 Å². The number of hydrogen-bond donors (Lipinski definition) is 0. The number of hydrogen-bond acceptors (Lipinski definition) is 2. The zero-order valence-electron chi connectivity index (χ0n) is 11.2. The smallest absolute Gasteiger partial charge is 0.161 e. The molecule has 0 radical (unpaired) electrons. The molecule has 4 rings (SSSR count). The lowest BCUT2D eigenvalue weighted by atomic mass is 10.1. The Balaban J connectivity index is 1.89. The van der Waals surface area contributed by atoms with Crippen molar-refractivity contribution in [1.82, 2.24) is 9.97 Å². The van der Waals surface area contributed by atoms with E-state index in [2.05, 4.69) is 50.8 Å². The second-order valence-electron chi connectivity index (χ2n) is 5.34. The highest BCUT2D eigenvalue weighted by Gasteiger charge is 2.14. The summed E-state index contributed by atoms with van der Waals surface area (Å²) in [6.07, 6.45) is 3.59. The SMILES string of the molecule is Clc1nc(-c2ccc3c(c2)CCC3)nc2ccc(I)cc12. The summed E-state index contributed by atoms with van der Waals surface area (Å²) < 4.78 is 1.14. The third-order valence-corrected chi connectivity index (χ3v) is 4.93. The van der Waals surface area contributed by atoms with Gasteiger partial charge in [0.1, 0.15) is 5.15 Å². The lowest BCUT2D eigenvalue weighted by Gasteiger charge is -2.07. The van der Waals surface area contributed by atoms with Crippen LogP contribution in [0.25, 0.3) is 22.3 Å². The number of rotatable bonds is 1. The molecule has 0 unspecified atom stereocenters. The molecule has 0 fully saturated rings. The molecule has 1 aliphatic rings. The number of nitrogens with zero attached hydrogens (tertiary/aromatic N) is 2. The van der Waals surface area contributed by atoms with Gasteiger partial charge >= 0.3 is 0 Å². The van der Waals surface area contributed by atoms with Gasteiger partial charge in [-0.2, -0.15) is 0 Å². The average Bonchev–Trinajstić information content (AvgIpc) is 2.95. The van der Waals surface area contributed by atoms with E-state index in [9.17, 15) is 0 Å². The lowest BCUT2D eigenvalue weighted by molar-refractivity contribution is 0.912. The molecule has 104 valence electrons. The van der Waals surface area contributed by atoms with Crippen molar-refractivity contribution < 1.29 is 0 Å². The van der Waals surface area contributed by atoms with E-state index in [-0.39, 0.29) is 0 Å². The molecule has 0 bridgehead atoms. The van der Waals surface area contributed by atoms with Gasteiger partial charge < -0.3 is 0 Å². The van der Waals surface area contributed by atoms with Gasteiger partial charge in [0.15, 0.2) is 5.82 Å². The summed E-state index contributed by atoms with van der Waals surface area (Å²) in [5, 5.41) is 1.43. The zero-order chi connectivity index (χ0) is 14.4. The Labute approximate surface area is 141 Å². The molecule has 2 aromatic carbocycles. The predicted molar refractivity (Wildman–Crippen MR) is 94.7 cm³/mol. The van der Waals surface area contributed by atoms with Crippen LogP contribution in [0.4, 0.5) is 0 Å². The normalized spacial score (nSPS) is 13.6. The molecule has 0 amide bonds. The van der Waals surface area contributed by atoms with Crippen LogP contribution < -0.4 is 0 Å². The maximum absolute atomic E-state index is 6.35. The third-order valence-electron chi connectivity index (χ3n) is 3.97. The van der Waals surface area contributed by atoms with Crippen molar-refractivity contribution in [3.63, 3.8) is 0 Å². The quantitative estimate of drug-likeness (QED) is 0.418. The van der Waals surface area contributed by atoms with E-state index in [0.29, 0.717) is 11.0 Å². The molecule has 0 saturated heterocycles. The first-order chi connectivity index (χ1) is 10.2. The molecule has 1 aliphatic carbocycles. The van der Waals surface area contributed by atoms with Crippen molar-refractivity contribution in [2.45, 2.75) is 19.3 Å². The number of halogens is 2. The Morgan fingerprint density at radius 2 is 1.81 bits per heavy atom. The molecule has 1 heterocycles. The van der Waals surface area contributed by atoms with Crippen molar-refractivity contribution >= 4 is 45.1 Å². The molecular weight excluding hydrogens is 395 g/mol. The number of fused-ring (bicyclic) bond motifs is 2. The highest BCUT2D eigenvalue weighted by molar-refractivity contribution is 14.1. The first-order valence-corrected chi connectivity index (χ1v) is 8.41. The van der Waals surface area contributed by atoms with Gasteiger partial charge in [-0.05, 0) is 77.2 Å². The first-order valence-electron chi connectivity index (χ1n) is 6.96. The molecular formula is C17H12ClIN2. The van der Waals surface area contributed by atoms with E-state index >= 15 is 0 Å². The number of aryl methyl sites for hydroxylation is 2. The van der Waals surface area contributed by atoms with Crippen LogP contribution in [0.5, 0.6) is 0 Å². The summed E-state index contributed by atoms with van der Waals surface area (Å²) in [4.78, 5) is 9.16. The largest absolute Gasteiger partial charge is 0.228 e. The molecule has 0 N–H and O–H groups in total. The van der Waals surface area contributed by atoms with Crippen LogP contribution in [-0.4, -0.2) is 9.97 Å². The predicted octanol–water partition coefficient (Wildman–Crippen LogP) is 5.04. The summed E-state index contributed by atoms with van der Waals surface area (Å²) in [6, 6.07) is 12.6. The Morgan fingerprint density at radius 1 is 0.952 bits per heavy atom. The second kappa shape index (κ2) is 5.21. The van der Waals surface area contributed by atoms with Crippen LogP contribution in [0.15, 0.2) is 36.4 Å². The highest BCUT2D eigenvalue weighted by atomic mass is 127. The molecule has 0 saturated carbocycles. The van der Waals surface area contributed by atoms with Crippen LogP contribution in [0.2, 0.25) is 5.15 Å². The van der Waals surface area contributed by atoms with Gasteiger partial charge in [-0.1, -0.05) is 23.7 Å². The maximum atomic E-state index is 6.35. The second-order valence-corrected chi connectivity index (χ2v) is 6.94. The fourth-order valence-electron chi connectivity index (χ4n) is 2.90. The summed E-state index contributed by atoms with van der Waals surface area (Å²) in [5.74, 6) is 0.711. The lowest BCUT2D eigenvalue weighted by Crippen LogP contribution is -1.93. The maximum Gasteiger partial charge on any atom is 0.161 e. The molecule has 0 atom stereocenters. The van der Waals surface area contributed by atoms with E-state index in [1.807, 2.05) is 18.2 Å². The molecule has 4 heteroatoms. The Bertz CT molecular complexity index is 861. The van der Waals surface area contributed by atoms with Crippen molar-refractivity contribution in [2.24, 2.45) is 0 Å². The number of benzene rings is 2. The van der Waals surface area contributed by atoms with Crippen molar-refractivity contribution in [3.05, 3.63) is 56.2 Å². The molecule has 2 nitrogen and oxygen atoms in total. The summed E-state index contributed by atoms with van der Waals surface area (Å²) in [7, 11) is 0. The van der Waals surface area contributed by atoms with E-state index in [1.165, 1.54) is 24.0 Å². The fourth-order valence-corrected chi connectivity index (χ4v) is 3.63.